The Bertz CT molecular complexity index is 406. The van der Waals surface area contributed by atoms with Crippen molar-refractivity contribution in [1.29, 1.82) is 0 Å². The summed E-state index contributed by atoms with van der Waals surface area (Å²) in [7, 11) is 0. The maximum absolute atomic E-state index is 11.1. The van der Waals surface area contributed by atoms with E-state index in [0.717, 1.165) is 25.9 Å². The molecule has 1 aliphatic heterocycles. The van der Waals surface area contributed by atoms with E-state index in [0.29, 0.717) is 11.7 Å². The topological polar surface area (TPSA) is 45.5 Å². The van der Waals surface area contributed by atoms with Gasteiger partial charge in [0.1, 0.15) is 5.69 Å². The number of carboxylic acids is 1. The first-order valence-electron chi connectivity index (χ1n) is 7.35. The molecule has 2 heterocycles. The third-order valence-corrected chi connectivity index (χ3v) is 4.03. The summed E-state index contributed by atoms with van der Waals surface area (Å²) in [6.07, 6.45) is 7.87. The van der Waals surface area contributed by atoms with Gasteiger partial charge in [-0.05, 0) is 37.9 Å². The Kier molecular flexibility index (Phi) is 5.02. The maximum Gasteiger partial charge on any atom is 0.352 e. The predicted octanol–water partition coefficient (Wildman–Crippen LogP) is 3.01. The average Bonchev–Trinajstić information content (AvgIpc) is 2.89. The van der Waals surface area contributed by atoms with Crippen molar-refractivity contribution in [3.8, 4) is 0 Å². The first kappa shape index (κ1) is 14.1. The van der Waals surface area contributed by atoms with E-state index < -0.39 is 5.97 Å². The van der Waals surface area contributed by atoms with Gasteiger partial charge in [0, 0.05) is 25.3 Å². The summed E-state index contributed by atoms with van der Waals surface area (Å²) in [4.78, 5) is 13.6. The van der Waals surface area contributed by atoms with Crippen molar-refractivity contribution >= 4 is 5.97 Å². The molecule has 0 spiro atoms. The van der Waals surface area contributed by atoms with Crippen molar-refractivity contribution in [1.82, 2.24) is 9.47 Å². The molecule has 0 radical (unpaired) electrons. The van der Waals surface area contributed by atoms with Crippen LogP contribution in [-0.4, -0.2) is 40.2 Å². The number of carbonyl (C=O) groups is 1. The molecule has 0 aromatic carbocycles. The highest BCUT2D eigenvalue weighted by Gasteiger charge is 2.22. The minimum atomic E-state index is -0.824. The number of likely N-dealkylation sites (tertiary alicyclic amines) is 1. The van der Waals surface area contributed by atoms with Crippen LogP contribution in [0.2, 0.25) is 0 Å². The summed E-state index contributed by atoms with van der Waals surface area (Å²) in [6, 6.07) is 3.87. The number of carboxylic acid groups (broad SMARTS) is 1. The van der Waals surface area contributed by atoms with Crippen molar-refractivity contribution in [2.75, 3.05) is 19.6 Å². The van der Waals surface area contributed by atoms with Crippen LogP contribution in [-0.2, 0) is 0 Å². The average molecular weight is 264 g/mol. The number of unbranched alkanes of at least 4 members (excludes halogenated alkanes) is 2. The number of nitrogens with zero attached hydrogens (tertiary/aromatic N) is 2. The molecule has 1 aromatic rings. The lowest BCUT2D eigenvalue weighted by Crippen LogP contribution is -2.35. The van der Waals surface area contributed by atoms with Gasteiger partial charge in [-0.25, -0.2) is 4.79 Å². The van der Waals surface area contributed by atoms with Gasteiger partial charge in [-0.15, -0.1) is 0 Å². The molecule has 4 heteroatoms. The summed E-state index contributed by atoms with van der Waals surface area (Å²) >= 11 is 0. The van der Waals surface area contributed by atoms with Gasteiger partial charge in [-0.2, -0.15) is 0 Å². The zero-order chi connectivity index (χ0) is 13.7. The van der Waals surface area contributed by atoms with Crippen molar-refractivity contribution in [2.24, 2.45) is 0 Å². The largest absolute Gasteiger partial charge is 0.477 e. The van der Waals surface area contributed by atoms with E-state index in [1.807, 2.05) is 16.8 Å². The zero-order valence-corrected chi connectivity index (χ0v) is 11.7. The molecule has 0 aliphatic carbocycles. The number of aromatic carboxylic acids is 1. The second-order valence-corrected chi connectivity index (χ2v) is 5.39. The van der Waals surface area contributed by atoms with E-state index in [9.17, 15) is 4.79 Å². The Morgan fingerprint density at radius 1 is 1.37 bits per heavy atom. The lowest BCUT2D eigenvalue weighted by atomic mass is 10.0. The second-order valence-electron chi connectivity index (χ2n) is 5.39. The third-order valence-electron chi connectivity index (χ3n) is 4.03. The van der Waals surface area contributed by atoms with E-state index in [1.165, 1.54) is 25.8 Å². The molecule has 4 nitrogen and oxygen atoms in total. The van der Waals surface area contributed by atoms with E-state index >= 15 is 0 Å². The molecule has 1 fully saturated rings. The molecular formula is C15H24N2O2. The normalized spacial score (nSPS) is 17.7. The van der Waals surface area contributed by atoms with Gasteiger partial charge in [0.05, 0.1) is 0 Å². The van der Waals surface area contributed by atoms with Gasteiger partial charge in [0.15, 0.2) is 0 Å². The quantitative estimate of drug-likeness (QED) is 0.803. The predicted molar refractivity (Wildman–Crippen MR) is 75.6 cm³/mol. The summed E-state index contributed by atoms with van der Waals surface area (Å²) in [5.74, 6) is -0.824. The van der Waals surface area contributed by atoms with Crippen molar-refractivity contribution in [3.63, 3.8) is 0 Å². The van der Waals surface area contributed by atoms with Crippen LogP contribution < -0.4 is 0 Å². The second kappa shape index (κ2) is 6.75. The summed E-state index contributed by atoms with van der Waals surface area (Å²) in [5, 5.41) is 9.15. The Balaban J connectivity index is 1.86. The summed E-state index contributed by atoms with van der Waals surface area (Å²) in [6.45, 7) is 5.60. The Morgan fingerprint density at radius 2 is 2.11 bits per heavy atom. The number of hydrogen-bond donors (Lipinski definition) is 1. The minimum Gasteiger partial charge on any atom is -0.477 e. The highest BCUT2D eigenvalue weighted by molar-refractivity contribution is 5.85. The molecule has 0 unspecified atom stereocenters. The fraction of sp³-hybridized carbons (Fsp3) is 0.667. The van der Waals surface area contributed by atoms with Crippen LogP contribution in [0.4, 0.5) is 0 Å². The molecule has 1 saturated heterocycles. The molecule has 1 aromatic heterocycles. The fourth-order valence-electron chi connectivity index (χ4n) is 2.90. The van der Waals surface area contributed by atoms with Crippen LogP contribution in [0.1, 0.15) is 55.6 Å². The number of aromatic nitrogens is 1. The number of hydrogen-bond acceptors (Lipinski definition) is 2. The molecule has 0 bridgehead atoms. The van der Waals surface area contributed by atoms with Crippen LogP contribution in [0.3, 0.4) is 0 Å². The first-order chi connectivity index (χ1) is 9.22. The van der Waals surface area contributed by atoms with Crippen LogP contribution in [0.5, 0.6) is 0 Å². The molecule has 106 valence electrons. The monoisotopic (exact) mass is 264 g/mol. The summed E-state index contributed by atoms with van der Waals surface area (Å²) < 4.78 is 1.94. The molecular weight excluding hydrogens is 240 g/mol. The number of rotatable bonds is 6. The highest BCUT2D eigenvalue weighted by Crippen LogP contribution is 2.24. The molecule has 19 heavy (non-hydrogen) atoms. The van der Waals surface area contributed by atoms with E-state index in [2.05, 4.69) is 11.8 Å². The van der Waals surface area contributed by atoms with Crippen LogP contribution >= 0.6 is 0 Å². The van der Waals surface area contributed by atoms with Crippen molar-refractivity contribution in [2.45, 2.75) is 45.1 Å². The van der Waals surface area contributed by atoms with Gasteiger partial charge >= 0.3 is 5.97 Å². The fourth-order valence-corrected chi connectivity index (χ4v) is 2.90. The van der Waals surface area contributed by atoms with Crippen LogP contribution in [0, 0.1) is 0 Å². The SMILES string of the molecule is CCCCCN1CCC(n2cccc2C(=O)O)CC1. The highest BCUT2D eigenvalue weighted by atomic mass is 16.4. The maximum atomic E-state index is 11.1. The van der Waals surface area contributed by atoms with Gasteiger partial charge < -0.3 is 14.6 Å². The van der Waals surface area contributed by atoms with Gasteiger partial charge in [0.25, 0.3) is 0 Å². The van der Waals surface area contributed by atoms with Crippen molar-refractivity contribution < 1.29 is 9.90 Å². The van der Waals surface area contributed by atoms with Gasteiger partial charge in [-0.3, -0.25) is 0 Å². The number of piperidine rings is 1. The smallest absolute Gasteiger partial charge is 0.352 e. The molecule has 1 N–H and O–H groups in total. The first-order valence-corrected chi connectivity index (χ1v) is 7.35. The molecule has 0 amide bonds. The van der Waals surface area contributed by atoms with E-state index in [1.54, 1.807) is 6.07 Å². The lowest BCUT2D eigenvalue weighted by Gasteiger charge is -2.33. The van der Waals surface area contributed by atoms with E-state index in [-0.39, 0.29) is 0 Å². The standard InChI is InChI=1S/C15H24N2O2/c1-2-3-4-9-16-11-7-13(8-12-16)17-10-5-6-14(17)15(18)19/h5-6,10,13H,2-4,7-9,11-12H2,1H3,(H,18,19). The van der Waals surface area contributed by atoms with Crippen molar-refractivity contribution in [3.05, 3.63) is 24.0 Å². The van der Waals surface area contributed by atoms with E-state index in [4.69, 9.17) is 5.11 Å². The van der Waals surface area contributed by atoms with Crippen LogP contribution in [0.15, 0.2) is 18.3 Å². The van der Waals surface area contributed by atoms with Gasteiger partial charge in [0.2, 0.25) is 0 Å². The molecule has 1 aliphatic rings. The minimum absolute atomic E-state index is 0.350. The Hall–Kier alpha value is -1.29. The molecule has 2 rings (SSSR count). The third kappa shape index (κ3) is 3.60. The summed E-state index contributed by atoms with van der Waals surface area (Å²) in [5.41, 5.74) is 0.421. The Labute approximate surface area is 115 Å². The van der Waals surface area contributed by atoms with Gasteiger partial charge in [-0.1, -0.05) is 19.8 Å². The Morgan fingerprint density at radius 3 is 2.74 bits per heavy atom. The zero-order valence-electron chi connectivity index (χ0n) is 11.7. The van der Waals surface area contributed by atoms with Crippen LogP contribution in [0.25, 0.3) is 0 Å². The lowest BCUT2D eigenvalue weighted by molar-refractivity contribution is 0.0678. The molecule has 0 atom stereocenters. The molecule has 0 saturated carbocycles.